The lowest BCUT2D eigenvalue weighted by Gasteiger charge is -2.04. The van der Waals surface area contributed by atoms with Crippen LogP contribution in [0, 0.1) is 0 Å². The molecule has 0 saturated heterocycles. The molecule has 0 aromatic carbocycles. The predicted octanol–water partition coefficient (Wildman–Crippen LogP) is 1.68. The molecule has 0 bridgehead atoms. The van der Waals surface area contributed by atoms with Crippen LogP contribution in [0.4, 0.5) is 0 Å². The van der Waals surface area contributed by atoms with Crippen LogP contribution in [-0.4, -0.2) is 32.0 Å². The summed E-state index contributed by atoms with van der Waals surface area (Å²) in [5.74, 6) is 0.812. The van der Waals surface area contributed by atoms with Crippen molar-refractivity contribution in [2.75, 3.05) is 11.9 Å². The normalized spacial score (nSPS) is 10.7. The summed E-state index contributed by atoms with van der Waals surface area (Å²) in [6.07, 6.45) is 3.95. The average molecular weight is 271 g/mol. The Morgan fingerprint density at radius 2 is 2.33 bits per heavy atom. The zero-order valence-electron chi connectivity index (χ0n) is 8.14. The van der Waals surface area contributed by atoms with E-state index in [1.807, 2.05) is 12.1 Å². The van der Waals surface area contributed by atoms with Crippen LogP contribution >= 0.6 is 15.9 Å². The molecule has 5 nitrogen and oxygen atoms in total. The van der Waals surface area contributed by atoms with Gasteiger partial charge in [0.15, 0.2) is 5.65 Å². The van der Waals surface area contributed by atoms with E-state index in [-0.39, 0.29) is 0 Å². The van der Waals surface area contributed by atoms with Gasteiger partial charge in [0.1, 0.15) is 5.75 Å². The van der Waals surface area contributed by atoms with Crippen LogP contribution in [0.5, 0.6) is 5.75 Å². The summed E-state index contributed by atoms with van der Waals surface area (Å²) < 4.78 is 7.16. The number of aromatic nitrogens is 4. The van der Waals surface area contributed by atoms with Gasteiger partial charge in [0.05, 0.1) is 6.61 Å². The highest BCUT2D eigenvalue weighted by Crippen LogP contribution is 2.12. The third-order valence-electron chi connectivity index (χ3n) is 1.97. The van der Waals surface area contributed by atoms with Crippen molar-refractivity contribution >= 4 is 21.6 Å². The number of ether oxygens (including phenoxy) is 1. The molecule has 2 rings (SSSR count). The topological polar surface area (TPSA) is 52.3 Å². The van der Waals surface area contributed by atoms with Gasteiger partial charge in [-0.1, -0.05) is 15.9 Å². The maximum atomic E-state index is 5.56. The first kappa shape index (κ1) is 10.4. The second kappa shape index (κ2) is 5.06. The Balaban J connectivity index is 1.96. The number of rotatable bonds is 5. The summed E-state index contributed by atoms with van der Waals surface area (Å²) in [5, 5.41) is 12.2. The highest BCUT2D eigenvalue weighted by molar-refractivity contribution is 9.09. The number of alkyl halides is 1. The molecule has 0 aliphatic carbocycles. The zero-order chi connectivity index (χ0) is 10.5. The summed E-state index contributed by atoms with van der Waals surface area (Å²) in [6, 6.07) is 3.69. The fourth-order valence-corrected chi connectivity index (χ4v) is 1.59. The zero-order valence-corrected chi connectivity index (χ0v) is 9.72. The molecular formula is C9H11BrN4O. The summed E-state index contributed by atoms with van der Waals surface area (Å²) in [5.41, 5.74) is 0.702. The predicted molar refractivity (Wildman–Crippen MR) is 59.3 cm³/mol. The van der Waals surface area contributed by atoms with Crippen molar-refractivity contribution in [3.63, 3.8) is 0 Å². The van der Waals surface area contributed by atoms with Crippen LogP contribution in [0.25, 0.3) is 5.65 Å². The Labute approximate surface area is 95.6 Å². The third-order valence-corrected chi connectivity index (χ3v) is 2.53. The molecule has 0 spiro atoms. The Kier molecular flexibility index (Phi) is 3.49. The van der Waals surface area contributed by atoms with E-state index in [1.54, 1.807) is 10.7 Å². The van der Waals surface area contributed by atoms with Gasteiger partial charge >= 0.3 is 0 Å². The monoisotopic (exact) mass is 270 g/mol. The third kappa shape index (κ3) is 2.65. The smallest absolute Gasteiger partial charge is 0.182 e. The molecule has 0 saturated carbocycles. The molecule has 0 unspecified atom stereocenters. The van der Waals surface area contributed by atoms with E-state index in [4.69, 9.17) is 4.74 Å². The van der Waals surface area contributed by atoms with Gasteiger partial charge in [-0.05, 0) is 29.3 Å². The minimum Gasteiger partial charge on any atom is -0.493 e. The Bertz CT molecular complexity index is 431. The van der Waals surface area contributed by atoms with E-state index < -0.39 is 0 Å². The number of unbranched alkanes of at least 4 members (excludes halogenated alkanes) is 1. The summed E-state index contributed by atoms with van der Waals surface area (Å²) in [4.78, 5) is 0. The SMILES string of the molecule is BrCCCCOc1ccn2nnnc2c1. The highest BCUT2D eigenvalue weighted by atomic mass is 79.9. The maximum Gasteiger partial charge on any atom is 0.182 e. The molecule has 2 heterocycles. The van der Waals surface area contributed by atoms with Gasteiger partial charge in [-0.25, -0.2) is 4.52 Å². The van der Waals surface area contributed by atoms with E-state index in [1.165, 1.54) is 0 Å². The molecule has 0 amide bonds. The lowest BCUT2D eigenvalue weighted by Crippen LogP contribution is -1.98. The molecule has 0 aliphatic heterocycles. The molecule has 80 valence electrons. The van der Waals surface area contributed by atoms with Crippen LogP contribution in [-0.2, 0) is 0 Å². The van der Waals surface area contributed by atoms with E-state index >= 15 is 0 Å². The average Bonchev–Trinajstić information content (AvgIpc) is 2.71. The Morgan fingerprint density at radius 1 is 1.40 bits per heavy atom. The van der Waals surface area contributed by atoms with E-state index in [9.17, 15) is 0 Å². The molecule has 0 atom stereocenters. The number of hydrogen-bond acceptors (Lipinski definition) is 4. The van der Waals surface area contributed by atoms with E-state index in [0.29, 0.717) is 5.65 Å². The molecule has 0 N–H and O–H groups in total. The van der Waals surface area contributed by atoms with Gasteiger partial charge in [0, 0.05) is 17.6 Å². The molecule has 0 radical (unpaired) electrons. The van der Waals surface area contributed by atoms with Gasteiger partial charge in [-0.2, -0.15) is 0 Å². The van der Waals surface area contributed by atoms with Gasteiger partial charge in [-0.15, -0.1) is 5.10 Å². The van der Waals surface area contributed by atoms with Gasteiger partial charge < -0.3 is 4.74 Å². The number of hydrogen-bond donors (Lipinski definition) is 0. The molecule has 0 aliphatic rings. The molecular weight excluding hydrogens is 260 g/mol. The second-order valence-corrected chi connectivity index (χ2v) is 3.88. The number of fused-ring (bicyclic) bond motifs is 1. The van der Waals surface area contributed by atoms with Gasteiger partial charge in [-0.3, -0.25) is 0 Å². The van der Waals surface area contributed by atoms with Crippen molar-refractivity contribution in [3.8, 4) is 5.75 Å². The van der Waals surface area contributed by atoms with Crippen LogP contribution in [0.2, 0.25) is 0 Å². The number of halogens is 1. The lowest BCUT2D eigenvalue weighted by molar-refractivity contribution is 0.310. The lowest BCUT2D eigenvalue weighted by atomic mass is 10.3. The number of tetrazole rings is 1. The van der Waals surface area contributed by atoms with Gasteiger partial charge in [0.2, 0.25) is 0 Å². The largest absolute Gasteiger partial charge is 0.493 e. The first-order valence-electron chi connectivity index (χ1n) is 4.76. The molecule has 6 heteroatoms. The Morgan fingerprint density at radius 3 is 3.20 bits per heavy atom. The fourth-order valence-electron chi connectivity index (χ4n) is 1.20. The summed E-state index contributed by atoms with van der Waals surface area (Å²) in [7, 11) is 0. The van der Waals surface area contributed by atoms with Gasteiger partial charge in [0.25, 0.3) is 0 Å². The van der Waals surface area contributed by atoms with Crippen LogP contribution in [0.3, 0.4) is 0 Å². The Hall–Kier alpha value is -1.17. The summed E-state index contributed by atoms with van der Waals surface area (Å²) in [6.45, 7) is 0.726. The van der Waals surface area contributed by atoms with Crippen molar-refractivity contribution in [1.29, 1.82) is 0 Å². The number of pyridine rings is 1. The van der Waals surface area contributed by atoms with Crippen LogP contribution in [0.1, 0.15) is 12.8 Å². The molecule has 2 aromatic heterocycles. The summed E-state index contributed by atoms with van der Waals surface area (Å²) >= 11 is 3.38. The van der Waals surface area contributed by atoms with E-state index in [2.05, 4.69) is 31.5 Å². The number of nitrogens with zero attached hydrogens (tertiary/aromatic N) is 4. The van der Waals surface area contributed by atoms with Crippen molar-refractivity contribution < 1.29 is 4.74 Å². The van der Waals surface area contributed by atoms with Crippen LogP contribution < -0.4 is 4.74 Å². The highest BCUT2D eigenvalue weighted by Gasteiger charge is 1.99. The first-order valence-corrected chi connectivity index (χ1v) is 5.89. The molecule has 15 heavy (non-hydrogen) atoms. The van der Waals surface area contributed by atoms with Crippen molar-refractivity contribution in [2.24, 2.45) is 0 Å². The minimum atomic E-state index is 0.702. The molecule has 2 aromatic rings. The van der Waals surface area contributed by atoms with Crippen molar-refractivity contribution in [3.05, 3.63) is 18.3 Å². The minimum absolute atomic E-state index is 0.702. The van der Waals surface area contributed by atoms with Crippen molar-refractivity contribution in [2.45, 2.75) is 12.8 Å². The first-order chi connectivity index (χ1) is 7.40. The standard InChI is InChI=1S/C9H11BrN4O/c10-4-1-2-6-15-8-3-5-14-9(7-8)11-12-13-14/h3,5,7H,1-2,4,6H2. The maximum absolute atomic E-state index is 5.56. The van der Waals surface area contributed by atoms with E-state index in [0.717, 1.165) is 30.5 Å². The second-order valence-electron chi connectivity index (χ2n) is 3.09. The van der Waals surface area contributed by atoms with Crippen LogP contribution in [0.15, 0.2) is 18.3 Å². The fraction of sp³-hybridized carbons (Fsp3) is 0.444. The molecule has 0 fully saturated rings. The quantitative estimate of drug-likeness (QED) is 0.613. The van der Waals surface area contributed by atoms with Crippen molar-refractivity contribution in [1.82, 2.24) is 20.0 Å².